The summed E-state index contributed by atoms with van der Waals surface area (Å²) in [5.41, 5.74) is 1.14. The van der Waals surface area contributed by atoms with Crippen LogP contribution in [0.25, 0.3) is 0 Å². The first kappa shape index (κ1) is 20.9. The van der Waals surface area contributed by atoms with E-state index in [0.717, 1.165) is 5.56 Å². The lowest BCUT2D eigenvalue weighted by atomic mass is 10.1. The largest absolute Gasteiger partial charge is 0.493 e. The van der Waals surface area contributed by atoms with Crippen LogP contribution < -0.4 is 20.1 Å². The first-order valence-corrected chi connectivity index (χ1v) is 8.21. The van der Waals surface area contributed by atoms with Crippen LogP contribution in [0.15, 0.2) is 36.4 Å². The fourth-order valence-electron chi connectivity index (χ4n) is 2.53. The number of nitro groups is 1. The van der Waals surface area contributed by atoms with Crippen LogP contribution in [0.4, 0.5) is 20.2 Å². The van der Waals surface area contributed by atoms with Crippen molar-refractivity contribution in [2.75, 3.05) is 26.0 Å². The number of ether oxygens (including phenoxy) is 2. The maximum atomic E-state index is 12.4. The summed E-state index contributed by atoms with van der Waals surface area (Å²) in [5, 5.41) is 16.4. The molecule has 0 saturated heterocycles. The monoisotopic (exact) mass is 395 g/mol. The van der Waals surface area contributed by atoms with Crippen molar-refractivity contribution < 1.29 is 28.0 Å². The molecule has 0 heterocycles. The lowest BCUT2D eigenvalue weighted by Gasteiger charge is -2.12. The van der Waals surface area contributed by atoms with Crippen molar-refractivity contribution in [3.8, 4) is 11.5 Å². The SMILES string of the molecule is CNc1ccc([N+](=O)[O-])cc1C(=O)NCCc1ccc(OC(F)F)c(OC)c1. The van der Waals surface area contributed by atoms with Gasteiger partial charge in [-0.15, -0.1) is 0 Å². The summed E-state index contributed by atoms with van der Waals surface area (Å²) in [4.78, 5) is 22.7. The number of anilines is 1. The Morgan fingerprint density at radius 3 is 2.57 bits per heavy atom. The minimum absolute atomic E-state index is 0.0828. The Morgan fingerprint density at radius 2 is 1.96 bits per heavy atom. The Kier molecular flexibility index (Phi) is 7.08. The zero-order chi connectivity index (χ0) is 20.7. The number of carbonyl (C=O) groups is 1. The quantitative estimate of drug-likeness (QED) is 0.499. The van der Waals surface area contributed by atoms with Gasteiger partial charge in [-0.2, -0.15) is 8.78 Å². The molecule has 0 fully saturated rings. The van der Waals surface area contributed by atoms with Gasteiger partial charge in [0.15, 0.2) is 11.5 Å². The average molecular weight is 395 g/mol. The molecule has 0 aromatic heterocycles. The summed E-state index contributed by atoms with van der Waals surface area (Å²) >= 11 is 0. The number of carbonyl (C=O) groups excluding carboxylic acids is 1. The molecule has 0 aliphatic rings. The van der Waals surface area contributed by atoms with E-state index in [2.05, 4.69) is 15.4 Å². The van der Waals surface area contributed by atoms with E-state index in [4.69, 9.17) is 4.74 Å². The van der Waals surface area contributed by atoms with Crippen molar-refractivity contribution in [1.82, 2.24) is 5.32 Å². The first-order valence-electron chi connectivity index (χ1n) is 8.21. The lowest BCUT2D eigenvalue weighted by Crippen LogP contribution is -2.26. The predicted octanol–water partition coefficient (Wildman–Crippen LogP) is 3.22. The molecule has 8 nitrogen and oxygen atoms in total. The molecular weight excluding hydrogens is 376 g/mol. The van der Waals surface area contributed by atoms with Gasteiger partial charge in [-0.3, -0.25) is 14.9 Å². The zero-order valence-corrected chi connectivity index (χ0v) is 15.2. The molecule has 2 aromatic carbocycles. The number of nitro benzene ring substituents is 1. The second-order valence-electron chi connectivity index (χ2n) is 5.61. The molecule has 0 atom stereocenters. The van der Waals surface area contributed by atoms with Crippen LogP contribution >= 0.6 is 0 Å². The van der Waals surface area contributed by atoms with Crippen LogP contribution in [0.3, 0.4) is 0 Å². The molecule has 0 saturated carbocycles. The van der Waals surface area contributed by atoms with Crippen molar-refractivity contribution in [2.45, 2.75) is 13.0 Å². The van der Waals surface area contributed by atoms with Crippen LogP contribution in [0, 0.1) is 10.1 Å². The predicted molar refractivity (Wildman–Crippen MR) is 98.3 cm³/mol. The van der Waals surface area contributed by atoms with Crippen LogP contribution in [-0.2, 0) is 6.42 Å². The third-order valence-corrected chi connectivity index (χ3v) is 3.87. The van der Waals surface area contributed by atoms with Crippen molar-refractivity contribution in [2.24, 2.45) is 0 Å². The van der Waals surface area contributed by atoms with Crippen molar-refractivity contribution >= 4 is 17.3 Å². The van der Waals surface area contributed by atoms with Crippen molar-refractivity contribution in [1.29, 1.82) is 0 Å². The summed E-state index contributed by atoms with van der Waals surface area (Å²) in [5.74, 6) is -0.404. The molecule has 150 valence electrons. The Morgan fingerprint density at radius 1 is 1.21 bits per heavy atom. The minimum atomic E-state index is -2.96. The number of rotatable bonds is 9. The Bertz CT molecular complexity index is 861. The summed E-state index contributed by atoms with van der Waals surface area (Å²) in [6, 6.07) is 8.44. The molecule has 0 bridgehead atoms. The van der Waals surface area contributed by atoms with E-state index in [1.165, 1.54) is 37.4 Å². The highest BCUT2D eigenvalue weighted by molar-refractivity contribution is 6.00. The normalized spacial score (nSPS) is 10.5. The highest BCUT2D eigenvalue weighted by Gasteiger charge is 2.16. The number of nitrogens with one attached hydrogen (secondary N) is 2. The van der Waals surface area contributed by atoms with Crippen molar-refractivity contribution in [3.05, 3.63) is 57.6 Å². The topological polar surface area (TPSA) is 103 Å². The summed E-state index contributed by atoms with van der Waals surface area (Å²) < 4.78 is 34.1. The molecular formula is C18H19F2N3O5. The number of methoxy groups -OCH3 is 1. The highest BCUT2D eigenvalue weighted by Crippen LogP contribution is 2.29. The lowest BCUT2D eigenvalue weighted by molar-refractivity contribution is -0.384. The van der Waals surface area contributed by atoms with Crippen LogP contribution in [0.1, 0.15) is 15.9 Å². The number of benzene rings is 2. The molecule has 28 heavy (non-hydrogen) atoms. The smallest absolute Gasteiger partial charge is 0.387 e. The fraction of sp³-hybridized carbons (Fsp3) is 0.278. The molecule has 2 aromatic rings. The highest BCUT2D eigenvalue weighted by atomic mass is 19.3. The van der Waals surface area contributed by atoms with Gasteiger partial charge in [-0.1, -0.05) is 6.07 Å². The van der Waals surface area contributed by atoms with Crippen LogP contribution in [0.2, 0.25) is 0 Å². The third kappa shape index (κ3) is 5.29. The Balaban J connectivity index is 2.04. The molecule has 0 radical (unpaired) electrons. The molecule has 2 rings (SSSR count). The average Bonchev–Trinajstić information content (AvgIpc) is 2.67. The maximum Gasteiger partial charge on any atom is 0.387 e. The molecule has 10 heteroatoms. The number of amides is 1. The summed E-state index contributed by atoms with van der Waals surface area (Å²) in [6.45, 7) is -2.74. The zero-order valence-electron chi connectivity index (χ0n) is 15.2. The Hall–Kier alpha value is -3.43. The maximum absolute atomic E-state index is 12.4. The van der Waals surface area contributed by atoms with Crippen LogP contribution in [-0.4, -0.2) is 38.1 Å². The number of nitrogens with zero attached hydrogens (tertiary/aromatic N) is 1. The van der Waals surface area contributed by atoms with E-state index in [1.807, 2.05) is 0 Å². The van der Waals surface area contributed by atoms with Gasteiger partial charge in [0.05, 0.1) is 17.6 Å². The van der Waals surface area contributed by atoms with Gasteiger partial charge in [0.2, 0.25) is 0 Å². The molecule has 0 aliphatic carbocycles. The molecule has 0 unspecified atom stereocenters. The van der Waals surface area contributed by atoms with Gasteiger partial charge in [0, 0.05) is 31.4 Å². The number of halogens is 2. The number of non-ortho nitro benzene ring substituents is 1. The van der Waals surface area contributed by atoms with Gasteiger partial charge < -0.3 is 20.1 Å². The fourth-order valence-corrected chi connectivity index (χ4v) is 2.53. The van der Waals surface area contributed by atoms with E-state index in [-0.39, 0.29) is 29.3 Å². The summed E-state index contributed by atoms with van der Waals surface area (Å²) in [6.07, 6.45) is 0.390. The van der Waals surface area contributed by atoms with Gasteiger partial charge in [-0.25, -0.2) is 0 Å². The molecule has 2 N–H and O–H groups in total. The third-order valence-electron chi connectivity index (χ3n) is 3.87. The van der Waals surface area contributed by atoms with Gasteiger partial charge >= 0.3 is 6.61 Å². The second-order valence-corrected chi connectivity index (χ2v) is 5.61. The standard InChI is InChI=1S/C18H19F2N3O5/c1-21-14-5-4-12(23(25)26)10-13(14)17(24)22-8-7-11-3-6-15(28-18(19)20)16(9-11)27-2/h3-6,9-10,18,21H,7-8H2,1-2H3,(H,22,24). The number of hydrogen-bond donors (Lipinski definition) is 2. The van der Waals surface area contributed by atoms with E-state index < -0.39 is 17.4 Å². The number of alkyl halides is 2. The Labute approximate surface area is 159 Å². The van der Waals surface area contributed by atoms with E-state index in [1.54, 1.807) is 13.1 Å². The van der Waals surface area contributed by atoms with E-state index >= 15 is 0 Å². The summed E-state index contributed by atoms with van der Waals surface area (Å²) in [7, 11) is 2.94. The van der Waals surface area contributed by atoms with Gasteiger partial charge in [-0.05, 0) is 30.2 Å². The molecule has 0 aliphatic heterocycles. The molecule has 1 amide bonds. The van der Waals surface area contributed by atoms with E-state index in [9.17, 15) is 23.7 Å². The van der Waals surface area contributed by atoms with Crippen molar-refractivity contribution in [3.63, 3.8) is 0 Å². The molecule has 0 spiro atoms. The number of hydrogen-bond acceptors (Lipinski definition) is 6. The second kappa shape index (κ2) is 9.49. The van der Waals surface area contributed by atoms with Crippen LogP contribution in [0.5, 0.6) is 11.5 Å². The minimum Gasteiger partial charge on any atom is -0.493 e. The van der Waals surface area contributed by atoms with E-state index in [0.29, 0.717) is 12.1 Å². The van der Waals surface area contributed by atoms with Gasteiger partial charge in [0.1, 0.15) is 0 Å². The van der Waals surface area contributed by atoms with Gasteiger partial charge in [0.25, 0.3) is 11.6 Å². The first-order chi connectivity index (χ1) is 13.3.